The molecular formula is C21H23FN4O2S. The van der Waals surface area contributed by atoms with Gasteiger partial charge in [-0.3, -0.25) is 14.2 Å². The van der Waals surface area contributed by atoms with E-state index in [0.717, 1.165) is 6.42 Å². The van der Waals surface area contributed by atoms with Gasteiger partial charge in [-0.25, -0.2) is 9.37 Å². The van der Waals surface area contributed by atoms with Crippen LogP contribution in [0.5, 0.6) is 0 Å². The van der Waals surface area contributed by atoms with Gasteiger partial charge in [-0.15, -0.1) is 11.3 Å². The van der Waals surface area contributed by atoms with Crippen LogP contribution in [0, 0.1) is 12.7 Å². The number of carbonyl (C=O) groups is 1. The van der Waals surface area contributed by atoms with Crippen molar-refractivity contribution < 1.29 is 9.18 Å². The van der Waals surface area contributed by atoms with Crippen LogP contribution >= 0.6 is 11.3 Å². The second-order valence-electron chi connectivity index (χ2n) is 7.21. The SMILES string of the molecule is CCCn1cnc2sc(C(=O)N3CCN(c4ccccc4F)CC3)c(C)c2c1=O. The lowest BCUT2D eigenvalue weighted by atomic mass is 10.2. The van der Waals surface area contributed by atoms with Crippen molar-refractivity contribution in [1.29, 1.82) is 0 Å². The van der Waals surface area contributed by atoms with E-state index in [1.54, 1.807) is 27.9 Å². The Hall–Kier alpha value is -2.74. The van der Waals surface area contributed by atoms with E-state index in [-0.39, 0.29) is 17.3 Å². The summed E-state index contributed by atoms with van der Waals surface area (Å²) in [6, 6.07) is 6.70. The number of hydrogen-bond donors (Lipinski definition) is 0. The fourth-order valence-electron chi connectivity index (χ4n) is 3.77. The molecule has 8 heteroatoms. The number of nitrogens with zero attached hydrogens (tertiary/aromatic N) is 4. The smallest absolute Gasteiger partial charge is 0.264 e. The van der Waals surface area contributed by atoms with Crippen molar-refractivity contribution in [3.8, 4) is 0 Å². The molecule has 3 heterocycles. The number of anilines is 1. The summed E-state index contributed by atoms with van der Waals surface area (Å²) >= 11 is 1.28. The third-order valence-corrected chi connectivity index (χ3v) is 6.52. The molecule has 4 rings (SSSR count). The molecule has 1 amide bonds. The highest BCUT2D eigenvalue weighted by Gasteiger charge is 2.27. The van der Waals surface area contributed by atoms with Gasteiger partial charge in [0.2, 0.25) is 0 Å². The number of thiophene rings is 1. The summed E-state index contributed by atoms with van der Waals surface area (Å²) in [5.41, 5.74) is 1.18. The first kappa shape index (κ1) is 19.6. The van der Waals surface area contributed by atoms with Crippen LogP contribution < -0.4 is 10.5 Å². The molecule has 0 bridgehead atoms. The Balaban J connectivity index is 1.55. The fraction of sp³-hybridized carbons (Fsp3) is 0.381. The van der Waals surface area contributed by atoms with E-state index in [9.17, 15) is 14.0 Å². The minimum Gasteiger partial charge on any atom is -0.366 e. The Bertz CT molecular complexity index is 1120. The zero-order valence-electron chi connectivity index (χ0n) is 16.5. The first-order chi connectivity index (χ1) is 14.0. The van der Waals surface area contributed by atoms with Gasteiger partial charge >= 0.3 is 0 Å². The Morgan fingerprint density at radius 3 is 2.62 bits per heavy atom. The van der Waals surface area contributed by atoms with Gasteiger partial charge in [0.25, 0.3) is 11.5 Å². The Labute approximate surface area is 172 Å². The average Bonchev–Trinajstić information content (AvgIpc) is 3.07. The number of para-hydroxylation sites is 1. The zero-order chi connectivity index (χ0) is 20.5. The average molecular weight is 415 g/mol. The minimum atomic E-state index is -0.248. The normalized spacial score (nSPS) is 14.6. The number of aromatic nitrogens is 2. The van der Waals surface area contributed by atoms with Gasteiger partial charge < -0.3 is 9.80 Å². The quantitative estimate of drug-likeness (QED) is 0.658. The van der Waals surface area contributed by atoms with Gasteiger partial charge in [-0.1, -0.05) is 19.1 Å². The number of carbonyl (C=O) groups excluding carboxylic acids is 1. The zero-order valence-corrected chi connectivity index (χ0v) is 17.3. The molecule has 0 atom stereocenters. The third kappa shape index (κ3) is 3.53. The van der Waals surface area contributed by atoms with Crippen molar-refractivity contribution in [2.45, 2.75) is 26.8 Å². The number of amides is 1. The lowest BCUT2D eigenvalue weighted by Crippen LogP contribution is -2.49. The van der Waals surface area contributed by atoms with E-state index < -0.39 is 0 Å². The number of rotatable bonds is 4. The first-order valence-corrected chi connectivity index (χ1v) is 10.6. The molecule has 29 heavy (non-hydrogen) atoms. The van der Waals surface area contributed by atoms with Gasteiger partial charge in [0, 0.05) is 32.7 Å². The van der Waals surface area contributed by atoms with Gasteiger partial charge in [0.1, 0.15) is 10.6 Å². The highest BCUT2D eigenvalue weighted by atomic mass is 32.1. The summed E-state index contributed by atoms with van der Waals surface area (Å²) in [5.74, 6) is -0.331. The molecule has 1 fully saturated rings. The second kappa shape index (κ2) is 7.94. The van der Waals surface area contributed by atoms with Crippen LogP contribution in [-0.2, 0) is 6.54 Å². The number of hydrogen-bond acceptors (Lipinski definition) is 5. The Morgan fingerprint density at radius 2 is 1.93 bits per heavy atom. The van der Waals surface area contributed by atoms with Crippen molar-refractivity contribution in [2.75, 3.05) is 31.1 Å². The summed E-state index contributed by atoms with van der Waals surface area (Å²) in [4.78, 5) is 35.2. The maximum absolute atomic E-state index is 14.0. The molecule has 0 N–H and O–H groups in total. The van der Waals surface area contributed by atoms with Crippen LogP contribution in [0.15, 0.2) is 35.4 Å². The summed E-state index contributed by atoms with van der Waals surface area (Å²) in [5, 5.41) is 0.541. The van der Waals surface area contributed by atoms with Crippen molar-refractivity contribution in [1.82, 2.24) is 14.5 Å². The Morgan fingerprint density at radius 1 is 1.21 bits per heavy atom. The van der Waals surface area contributed by atoms with E-state index in [4.69, 9.17) is 0 Å². The molecule has 2 aromatic heterocycles. The fourth-order valence-corrected chi connectivity index (χ4v) is 4.87. The molecule has 1 aromatic carbocycles. The molecule has 3 aromatic rings. The minimum absolute atomic E-state index is 0.0832. The molecule has 152 valence electrons. The molecule has 1 saturated heterocycles. The van der Waals surface area contributed by atoms with Crippen molar-refractivity contribution in [3.05, 3.63) is 57.2 Å². The number of halogens is 1. The van der Waals surface area contributed by atoms with Crippen LogP contribution in [0.3, 0.4) is 0 Å². The van der Waals surface area contributed by atoms with Gasteiger partial charge in [0.15, 0.2) is 0 Å². The number of fused-ring (bicyclic) bond motifs is 1. The maximum Gasteiger partial charge on any atom is 0.264 e. The predicted octanol–water partition coefficient (Wildman–Crippen LogP) is 3.28. The van der Waals surface area contributed by atoms with Crippen LogP contribution in [-0.4, -0.2) is 46.5 Å². The van der Waals surface area contributed by atoms with Gasteiger partial charge in [-0.2, -0.15) is 0 Å². The summed E-state index contributed by atoms with van der Waals surface area (Å²) in [7, 11) is 0. The molecule has 1 aliphatic rings. The van der Waals surface area contributed by atoms with Crippen LogP contribution in [0.4, 0.5) is 10.1 Å². The first-order valence-electron chi connectivity index (χ1n) is 9.78. The maximum atomic E-state index is 14.0. The van der Waals surface area contributed by atoms with Crippen LogP contribution in [0.1, 0.15) is 28.6 Å². The van der Waals surface area contributed by atoms with Crippen molar-refractivity contribution in [2.24, 2.45) is 0 Å². The topological polar surface area (TPSA) is 58.4 Å². The molecule has 0 saturated carbocycles. The molecule has 0 aliphatic carbocycles. The largest absolute Gasteiger partial charge is 0.366 e. The van der Waals surface area contributed by atoms with Gasteiger partial charge in [-0.05, 0) is 31.0 Å². The van der Waals surface area contributed by atoms with Crippen molar-refractivity contribution in [3.63, 3.8) is 0 Å². The van der Waals surface area contributed by atoms with E-state index >= 15 is 0 Å². The lowest BCUT2D eigenvalue weighted by molar-refractivity contribution is 0.0751. The molecule has 1 aliphatic heterocycles. The molecule has 0 spiro atoms. The highest BCUT2D eigenvalue weighted by Crippen LogP contribution is 2.29. The van der Waals surface area contributed by atoms with E-state index in [2.05, 4.69) is 4.98 Å². The molecule has 6 nitrogen and oxygen atoms in total. The predicted molar refractivity (Wildman–Crippen MR) is 113 cm³/mol. The number of benzene rings is 1. The monoisotopic (exact) mass is 414 g/mol. The van der Waals surface area contributed by atoms with E-state index in [0.29, 0.717) is 59.1 Å². The number of piperazine rings is 1. The summed E-state index contributed by atoms with van der Waals surface area (Å²) in [6.45, 7) is 6.59. The summed E-state index contributed by atoms with van der Waals surface area (Å²) in [6.07, 6.45) is 2.40. The standard InChI is InChI=1S/C21H23FN4O2S/c1-3-8-26-13-23-19-17(20(26)27)14(2)18(29-19)21(28)25-11-9-24(10-12-25)16-7-5-4-6-15(16)22/h4-7,13H,3,8-12H2,1-2H3. The molecular weight excluding hydrogens is 391 g/mol. The highest BCUT2D eigenvalue weighted by molar-refractivity contribution is 7.20. The second-order valence-corrected chi connectivity index (χ2v) is 8.21. The number of aryl methyl sites for hydroxylation is 2. The van der Waals surface area contributed by atoms with Crippen LogP contribution in [0.2, 0.25) is 0 Å². The van der Waals surface area contributed by atoms with Gasteiger partial charge in [0.05, 0.1) is 22.3 Å². The lowest BCUT2D eigenvalue weighted by Gasteiger charge is -2.36. The molecule has 0 radical (unpaired) electrons. The van der Waals surface area contributed by atoms with E-state index in [1.165, 1.54) is 17.4 Å². The van der Waals surface area contributed by atoms with E-state index in [1.807, 2.05) is 24.8 Å². The summed E-state index contributed by atoms with van der Waals surface area (Å²) < 4.78 is 15.6. The third-order valence-electron chi connectivity index (χ3n) is 5.34. The Kier molecular flexibility index (Phi) is 5.36. The van der Waals surface area contributed by atoms with Crippen molar-refractivity contribution >= 4 is 33.1 Å². The van der Waals surface area contributed by atoms with Crippen LogP contribution in [0.25, 0.3) is 10.2 Å². The molecule has 0 unspecified atom stereocenters.